The molecule has 0 spiro atoms. The van der Waals surface area contributed by atoms with Gasteiger partial charge in [-0.05, 0) is 47.4 Å². The van der Waals surface area contributed by atoms with Crippen LogP contribution in [0, 0.1) is 5.82 Å². The highest BCUT2D eigenvalue weighted by atomic mass is 79.9. The molecule has 3 rings (SSSR count). The fourth-order valence-corrected chi connectivity index (χ4v) is 4.70. The van der Waals surface area contributed by atoms with Gasteiger partial charge in [-0.3, -0.25) is 4.72 Å². The number of hydrogen-bond donors (Lipinski definition) is 5. The number of aromatic nitrogens is 2. The monoisotopic (exact) mass is 492 g/mol. The number of hydrogen-bond acceptors (Lipinski definition) is 8. The predicted octanol–water partition coefficient (Wildman–Crippen LogP) is 1.69. The average Bonchev–Trinajstić information content (AvgIpc) is 3.14. The number of unbranched alkanes of at least 4 members (excludes halogenated alkanes) is 1. The van der Waals surface area contributed by atoms with Crippen molar-refractivity contribution in [2.45, 2.75) is 23.3 Å². The maximum absolute atomic E-state index is 14.4. The van der Waals surface area contributed by atoms with Crippen molar-refractivity contribution in [1.29, 1.82) is 0 Å². The lowest BCUT2D eigenvalue weighted by atomic mass is 9.97. The molecule has 1 fully saturated rings. The molecule has 28 heavy (non-hydrogen) atoms. The van der Waals surface area contributed by atoms with Crippen LogP contribution in [0.1, 0.15) is 12.8 Å². The minimum absolute atomic E-state index is 0.0419. The van der Waals surface area contributed by atoms with Crippen LogP contribution in [0.5, 0.6) is 0 Å². The second kappa shape index (κ2) is 10.0. The van der Waals surface area contributed by atoms with E-state index >= 15 is 0 Å². The molecular formula is C16H22BrFN6O2S2. The van der Waals surface area contributed by atoms with Gasteiger partial charge in [0.1, 0.15) is 17.7 Å². The van der Waals surface area contributed by atoms with Crippen LogP contribution in [-0.2, 0) is 11.0 Å². The molecule has 1 atom stereocenters. The molecule has 12 heteroatoms. The Bertz CT molecular complexity index is 807. The number of β-amino-alcohol motifs (C(OH)–C–C–N with tert-alkyl or cyclic N) is 1. The van der Waals surface area contributed by atoms with Crippen LogP contribution in [0.2, 0.25) is 0 Å². The van der Waals surface area contributed by atoms with Crippen molar-refractivity contribution in [3.8, 4) is 0 Å². The normalized spacial score (nSPS) is 16.4. The van der Waals surface area contributed by atoms with Gasteiger partial charge in [0.15, 0.2) is 11.0 Å². The van der Waals surface area contributed by atoms with Crippen molar-refractivity contribution in [2.24, 2.45) is 0 Å². The Balaban J connectivity index is 1.41. The molecule has 1 aliphatic rings. The van der Waals surface area contributed by atoms with Crippen molar-refractivity contribution in [1.82, 2.24) is 20.0 Å². The second-order valence-electron chi connectivity index (χ2n) is 6.52. The lowest BCUT2D eigenvalue weighted by Crippen LogP contribution is -2.64. The number of halogens is 2. The summed E-state index contributed by atoms with van der Waals surface area (Å²) in [5.41, 5.74) is 0.00455. The van der Waals surface area contributed by atoms with Crippen LogP contribution in [0.15, 0.2) is 27.8 Å². The zero-order valence-corrected chi connectivity index (χ0v) is 18.2. The van der Waals surface area contributed by atoms with Gasteiger partial charge in [0.05, 0.1) is 10.6 Å². The lowest BCUT2D eigenvalue weighted by Gasteiger charge is -2.37. The van der Waals surface area contributed by atoms with Gasteiger partial charge in [0.25, 0.3) is 0 Å². The summed E-state index contributed by atoms with van der Waals surface area (Å²) < 4.78 is 33.7. The number of anilines is 2. The van der Waals surface area contributed by atoms with Crippen LogP contribution in [-0.4, -0.2) is 57.0 Å². The van der Waals surface area contributed by atoms with E-state index in [1.54, 1.807) is 0 Å². The molecule has 1 aromatic heterocycles. The van der Waals surface area contributed by atoms with Gasteiger partial charge in [-0.2, -0.15) is 4.37 Å². The number of nitrogens with zero attached hydrogens (tertiary/aromatic N) is 2. The first-order chi connectivity index (χ1) is 13.5. The summed E-state index contributed by atoms with van der Waals surface area (Å²) in [5.74, 6) is -0.565. The summed E-state index contributed by atoms with van der Waals surface area (Å²) in [6, 6.07) is 2.83. The number of aliphatic hydroxyl groups is 1. The summed E-state index contributed by atoms with van der Waals surface area (Å²) in [7, 11) is -1.77. The quantitative estimate of drug-likeness (QED) is 0.303. The maximum Gasteiger partial charge on any atom is 0.214 e. The minimum Gasteiger partial charge on any atom is -0.386 e. The van der Waals surface area contributed by atoms with Gasteiger partial charge in [0, 0.05) is 42.2 Å². The maximum atomic E-state index is 14.4. The molecule has 8 nitrogen and oxygen atoms in total. The van der Waals surface area contributed by atoms with E-state index in [0.717, 1.165) is 30.9 Å². The highest BCUT2D eigenvalue weighted by Gasteiger charge is 2.33. The van der Waals surface area contributed by atoms with Crippen LogP contribution in [0.3, 0.4) is 0 Å². The van der Waals surface area contributed by atoms with E-state index in [1.807, 2.05) is 0 Å². The first kappa shape index (κ1) is 21.5. The van der Waals surface area contributed by atoms with E-state index in [2.05, 4.69) is 46.0 Å². The Morgan fingerprint density at radius 2 is 2.14 bits per heavy atom. The lowest BCUT2D eigenvalue weighted by molar-refractivity contribution is -0.00821. The Morgan fingerprint density at radius 1 is 1.36 bits per heavy atom. The topological polar surface area (TPSA) is 111 Å². The van der Waals surface area contributed by atoms with Gasteiger partial charge in [-0.25, -0.2) is 13.6 Å². The van der Waals surface area contributed by atoms with Crippen LogP contribution in [0.25, 0.3) is 0 Å². The summed E-state index contributed by atoms with van der Waals surface area (Å²) in [6.45, 7) is 3.36. The molecule has 0 saturated carbocycles. The Hall–Kier alpha value is -1.18. The minimum atomic E-state index is -1.77. The molecule has 1 saturated heterocycles. The largest absolute Gasteiger partial charge is 0.386 e. The third-order valence-electron chi connectivity index (χ3n) is 4.22. The predicted molar refractivity (Wildman–Crippen MR) is 112 cm³/mol. The van der Waals surface area contributed by atoms with E-state index in [-0.39, 0.29) is 4.90 Å². The summed E-state index contributed by atoms with van der Waals surface area (Å²) in [4.78, 5) is 3.92. The number of benzene rings is 1. The van der Waals surface area contributed by atoms with E-state index in [0.29, 0.717) is 41.5 Å². The van der Waals surface area contributed by atoms with Gasteiger partial charge in [0.2, 0.25) is 5.13 Å². The zero-order valence-electron chi connectivity index (χ0n) is 15.0. The molecule has 5 N–H and O–H groups in total. The summed E-state index contributed by atoms with van der Waals surface area (Å²) in [6.07, 6.45) is 3.17. The zero-order chi connectivity index (χ0) is 20.0. The Morgan fingerprint density at radius 3 is 2.82 bits per heavy atom. The van der Waals surface area contributed by atoms with Crippen molar-refractivity contribution < 1.29 is 13.7 Å². The SMILES string of the molecule is O=S(Nc1ncns1)c1cc(Br)c(NCCCCNCC2(O)CNC2)cc1F. The first-order valence-corrected chi connectivity index (χ1v) is 11.5. The molecule has 154 valence electrons. The number of nitrogens with one attached hydrogen (secondary N) is 4. The molecule has 0 bridgehead atoms. The van der Waals surface area contributed by atoms with Gasteiger partial charge >= 0.3 is 0 Å². The van der Waals surface area contributed by atoms with Crippen molar-refractivity contribution >= 4 is 49.3 Å². The molecule has 2 heterocycles. The molecule has 2 aromatic rings. The van der Waals surface area contributed by atoms with Crippen LogP contribution >= 0.6 is 27.5 Å². The molecule has 0 aliphatic carbocycles. The third-order valence-corrected chi connectivity index (χ3v) is 6.68. The highest BCUT2D eigenvalue weighted by molar-refractivity contribution is 9.10. The Labute approximate surface area is 177 Å². The molecule has 1 aromatic carbocycles. The van der Waals surface area contributed by atoms with Gasteiger partial charge < -0.3 is 21.1 Å². The fraction of sp³-hybridized carbons (Fsp3) is 0.500. The van der Waals surface area contributed by atoms with Gasteiger partial charge in [-0.15, -0.1) is 0 Å². The summed E-state index contributed by atoms with van der Waals surface area (Å²) in [5, 5.41) is 19.8. The number of rotatable bonds is 11. The molecule has 1 aliphatic heterocycles. The fourth-order valence-electron chi connectivity index (χ4n) is 2.62. The van der Waals surface area contributed by atoms with Crippen LogP contribution < -0.4 is 20.7 Å². The van der Waals surface area contributed by atoms with E-state index in [4.69, 9.17) is 0 Å². The van der Waals surface area contributed by atoms with Gasteiger partial charge in [-0.1, -0.05) is 0 Å². The van der Waals surface area contributed by atoms with E-state index < -0.39 is 22.4 Å². The van der Waals surface area contributed by atoms with Crippen molar-refractivity contribution in [2.75, 3.05) is 42.8 Å². The molecule has 0 radical (unpaired) electrons. The third kappa shape index (κ3) is 5.91. The molecule has 0 amide bonds. The summed E-state index contributed by atoms with van der Waals surface area (Å²) >= 11 is 4.45. The molecular weight excluding hydrogens is 471 g/mol. The highest BCUT2D eigenvalue weighted by Crippen LogP contribution is 2.28. The first-order valence-electron chi connectivity index (χ1n) is 8.79. The standard InChI is InChI=1S/C16H22BrFN6O2S2/c17-11-5-14(28(26)24-15-22-10-23-27-15)12(18)6-13(11)21-4-2-1-3-19-7-16(25)8-20-9-16/h5-6,10,19-21,25H,1-4,7-9H2,(H,22,23,24). The smallest absolute Gasteiger partial charge is 0.214 e. The van der Waals surface area contributed by atoms with E-state index in [9.17, 15) is 13.7 Å². The van der Waals surface area contributed by atoms with Crippen LogP contribution in [0.4, 0.5) is 15.2 Å². The second-order valence-corrected chi connectivity index (χ2v) is 9.33. The average molecular weight is 493 g/mol. The molecule has 1 unspecified atom stereocenters. The Kier molecular flexibility index (Phi) is 7.71. The van der Waals surface area contributed by atoms with E-state index in [1.165, 1.54) is 18.5 Å². The van der Waals surface area contributed by atoms with Crippen molar-refractivity contribution in [3.05, 3.63) is 28.7 Å². The van der Waals surface area contributed by atoms with Crippen molar-refractivity contribution in [3.63, 3.8) is 0 Å².